The van der Waals surface area contributed by atoms with Crippen molar-refractivity contribution in [1.82, 2.24) is 0 Å². The highest BCUT2D eigenvalue weighted by Crippen LogP contribution is 2.34. The van der Waals surface area contributed by atoms with Gasteiger partial charge in [-0.05, 0) is 12.1 Å². The molecule has 1 fully saturated rings. The maximum absolute atomic E-state index is 13.1. The van der Waals surface area contributed by atoms with Crippen molar-refractivity contribution in [3.05, 3.63) is 28.0 Å². The van der Waals surface area contributed by atoms with Crippen LogP contribution < -0.4 is 0 Å². The van der Waals surface area contributed by atoms with Crippen LogP contribution in [0.5, 0.6) is 5.75 Å². The Hall–Kier alpha value is -0.650. The van der Waals surface area contributed by atoms with Crippen LogP contribution in [-0.4, -0.2) is 18.3 Å². The predicted octanol–water partition coefficient (Wildman–Crippen LogP) is 2.34. The van der Waals surface area contributed by atoms with Crippen molar-refractivity contribution < 1.29 is 19.0 Å². The number of hydrogen-bond donors (Lipinski definition) is 1. The number of phenolic OH excluding ortho intramolecular Hbond substituents is 1. The van der Waals surface area contributed by atoms with Crippen molar-refractivity contribution in [1.29, 1.82) is 0 Å². The van der Waals surface area contributed by atoms with Crippen LogP contribution in [0.15, 0.2) is 16.6 Å². The molecule has 3 nitrogen and oxygen atoms in total. The summed E-state index contributed by atoms with van der Waals surface area (Å²) in [5.41, 5.74) is 0.314. The van der Waals surface area contributed by atoms with Gasteiger partial charge in [0, 0.05) is 4.47 Å². The summed E-state index contributed by atoms with van der Waals surface area (Å²) in [6.07, 6.45) is -0.665. The molecule has 1 saturated heterocycles. The number of benzene rings is 1. The molecule has 0 saturated carbocycles. The molecule has 0 atom stereocenters. The second kappa shape index (κ2) is 3.84. The molecule has 14 heavy (non-hydrogen) atoms. The zero-order valence-electron chi connectivity index (χ0n) is 7.17. The first kappa shape index (κ1) is 9.89. The van der Waals surface area contributed by atoms with Crippen LogP contribution in [0, 0.1) is 5.82 Å². The van der Waals surface area contributed by atoms with Gasteiger partial charge in [0.05, 0.1) is 18.8 Å². The van der Waals surface area contributed by atoms with Gasteiger partial charge in [-0.25, -0.2) is 4.39 Å². The molecule has 1 aromatic rings. The number of phenols is 1. The second-order valence-corrected chi connectivity index (χ2v) is 3.81. The summed E-state index contributed by atoms with van der Waals surface area (Å²) in [6.45, 7) is 0.913. The van der Waals surface area contributed by atoms with E-state index in [2.05, 4.69) is 15.9 Å². The van der Waals surface area contributed by atoms with Crippen molar-refractivity contribution in [2.45, 2.75) is 6.29 Å². The van der Waals surface area contributed by atoms with Gasteiger partial charge in [0.2, 0.25) is 0 Å². The van der Waals surface area contributed by atoms with E-state index in [1.165, 1.54) is 6.07 Å². The molecule has 1 aliphatic heterocycles. The lowest BCUT2D eigenvalue weighted by Crippen LogP contribution is -1.99. The Balaban J connectivity index is 2.40. The summed E-state index contributed by atoms with van der Waals surface area (Å²) in [5, 5.41) is 9.43. The highest BCUT2D eigenvalue weighted by molar-refractivity contribution is 9.10. The number of aromatic hydroxyl groups is 1. The van der Waals surface area contributed by atoms with Crippen LogP contribution in [-0.2, 0) is 9.47 Å². The van der Waals surface area contributed by atoms with Gasteiger partial charge in [0.15, 0.2) is 17.9 Å². The van der Waals surface area contributed by atoms with Gasteiger partial charge in [0.1, 0.15) is 0 Å². The Labute approximate surface area is 88.6 Å². The topological polar surface area (TPSA) is 38.7 Å². The third-order valence-corrected chi connectivity index (χ3v) is 2.39. The summed E-state index contributed by atoms with van der Waals surface area (Å²) in [6, 6.07) is 2.77. The molecule has 76 valence electrons. The van der Waals surface area contributed by atoms with Gasteiger partial charge in [-0.15, -0.1) is 0 Å². The van der Waals surface area contributed by atoms with Gasteiger partial charge in [-0.2, -0.15) is 0 Å². The minimum Gasteiger partial charge on any atom is -0.504 e. The van der Waals surface area contributed by atoms with Crippen molar-refractivity contribution in [3.8, 4) is 5.75 Å². The number of hydrogen-bond acceptors (Lipinski definition) is 3. The molecule has 1 aliphatic rings. The van der Waals surface area contributed by atoms with Gasteiger partial charge < -0.3 is 14.6 Å². The van der Waals surface area contributed by atoms with E-state index in [0.29, 0.717) is 23.2 Å². The predicted molar refractivity (Wildman–Crippen MR) is 50.4 cm³/mol. The van der Waals surface area contributed by atoms with Crippen LogP contribution >= 0.6 is 15.9 Å². The van der Waals surface area contributed by atoms with E-state index >= 15 is 0 Å². The Morgan fingerprint density at radius 2 is 2.00 bits per heavy atom. The molecule has 1 N–H and O–H groups in total. The lowest BCUT2D eigenvalue weighted by Gasteiger charge is -2.11. The average molecular weight is 263 g/mol. The molecule has 5 heteroatoms. The highest BCUT2D eigenvalue weighted by atomic mass is 79.9. The first-order chi connectivity index (χ1) is 6.68. The van der Waals surface area contributed by atoms with Crippen LogP contribution in [0.3, 0.4) is 0 Å². The number of rotatable bonds is 1. The molecule has 0 amide bonds. The monoisotopic (exact) mass is 262 g/mol. The Bertz CT molecular complexity index is 350. The van der Waals surface area contributed by atoms with Gasteiger partial charge in [-0.3, -0.25) is 0 Å². The fraction of sp³-hybridized carbons (Fsp3) is 0.333. The standard InChI is InChI=1S/C9H8BrFO3/c10-5-3-6(8(12)7(11)4-5)9-13-1-2-14-9/h3-4,9,12H,1-2H2. The SMILES string of the molecule is Oc1c(F)cc(Br)cc1C1OCCO1. The molecule has 1 heterocycles. The molecule has 0 aliphatic carbocycles. The summed E-state index contributed by atoms with van der Waals surface area (Å²) in [4.78, 5) is 0. The molecular weight excluding hydrogens is 255 g/mol. The quantitative estimate of drug-likeness (QED) is 0.845. The maximum atomic E-state index is 13.1. The lowest BCUT2D eigenvalue weighted by molar-refractivity contribution is -0.0458. The fourth-order valence-electron chi connectivity index (χ4n) is 1.30. The Morgan fingerprint density at radius 1 is 1.36 bits per heavy atom. The molecule has 1 aromatic carbocycles. The first-order valence-electron chi connectivity index (χ1n) is 4.09. The highest BCUT2D eigenvalue weighted by Gasteiger charge is 2.23. The first-order valence-corrected chi connectivity index (χ1v) is 4.89. The van der Waals surface area contributed by atoms with Crippen LogP contribution in [0.25, 0.3) is 0 Å². The van der Waals surface area contributed by atoms with E-state index in [9.17, 15) is 9.50 Å². The average Bonchev–Trinajstić information content (AvgIpc) is 2.63. The van der Waals surface area contributed by atoms with E-state index in [1.54, 1.807) is 6.07 Å². The number of ether oxygens (including phenoxy) is 2. The number of halogens is 2. The zero-order valence-corrected chi connectivity index (χ0v) is 8.75. The van der Waals surface area contributed by atoms with Crippen molar-refractivity contribution in [2.24, 2.45) is 0 Å². The largest absolute Gasteiger partial charge is 0.504 e. The summed E-state index contributed by atoms with van der Waals surface area (Å²) in [5.74, 6) is -1.10. The van der Waals surface area contributed by atoms with Crippen molar-refractivity contribution >= 4 is 15.9 Å². The van der Waals surface area contributed by atoms with E-state index in [-0.39, 0.29) is 0 Å². The zero-order chi connectivity index (χ0) is 10.1. The van der Waals surface area contributed by atoms with Crippen molar-refractivity contribution in [2.75, 3.05) is 13.2 Å². The summed E-state index contributed by atoms with van der Waals surface area (Å²) in [7, 11) is 0. The van der Waals surface area contributed by atoms with Crippen LogP contribution in [0.1, 0.15) is 11.9 Å². The fourth-order valence-corrected chi connectivity index (χ4v) is 1.75. The molecule has 0 radical (unpaired) electrons. The molecule has 2 rings (SSSR count). The third-order valence-electron chi connectivity index (χ3n) is 1.93. The maximum Gasteiger partial charge on any atom is 0.187 e. The van der Waals surface area contributed by atoms with Crippen molar-refractivity contribution in [3.63, 3.8) is 0 Å². The Kier molecular flexibility index (Phi) is 2.71. The van der Waals surface area contributed by atoms with Crippen LogP contribution in [0.4, 0.5) is 4.39 Å². The van der Waals surface area contributed by atoms with Gasteiger partial charge >= 0.3 is 0 Å². The smallest absolute Gasteiger partial charge is 0.187 e. The molecule has 0 aromatic heterocycles. The van der Waals surface area contributed by atoms with Gasteiger partial charge in [-0.1, -0.05) is 15.9 Å². The normalized spacial score (nSPS) is 17.6. The summed E-state index contributed by atoms with van der Waals surface area (Å²) >= 11 is 3.13. The second-order valence-electron chi connectivity index (χ2n) is 2.90. The summed E-state index contributed by atoms with van der Waals surface area (Å²) < 4.78 is 24.0. The third kappa shape index (κ3) is 1.75. The van der Waals surface area contributed by atoms with Crippen LogP contribution in [0.2, 0.25) is 0 Å². The lowest BCUT2D eigenvalue weighted by atomic mass is 10.2. The molecule has 0 bridgehead atoms. The van der Waals surface area contributed by atoms with E-state index in [4.69, 9.17) is 9.47 Å². The Morgan fingerprint density at radius 3 is 2.64 bits per heavy atom. The van der Waals surface area contributed by atoms with E-state index in [1.807, 2.05) is 0 Å². The minimum atomic E-state index is -0.687. The van der Waals surface area contributed by atoms with Gasteiger partial charge in [0.25, 0.3) is 0 Å². The molecule has 0 spiro atoms. The molecule has 0 unspecified atom stereocenters. The molecular formula is C9H8BrFO3. The van der Waals surface area contributed by atoms with E-state index in [0.717, 1.165) is 0 Å². The minimum absolute atomic E-state index is 0.314. The van der Waals surface area contributed by atoms with E-state index < -0.39 is 17.9 Å².